The number of carbonyl (C=O) groups excluding carboxylic acids is 1. The summed E-state index contributed by atoms with van der Waals surface area (Å²) in [5, 5.41) is 0.140. The first-order valence-corrected chi connectivity index (χ1v) is 11.0. The van der Waals surface area contributed by atoms with Gasteiger partial charge in [0, 0.05) is 37.4 Å². The van der Waals surface area contributed by atoms with Gasteiger partial charge < -0.3 is 9.64 Å². The molecule has 1 aromatic carbocycles. The lowest BCUT2D eigenvalue weighted by atomic mass is 10.2. The third kappa shape index (κ3) is 4.85. The summed E-state index contributed by atoms with van der Waals surface area (Å²) < 4.78 is 46.1. The van der Waals surface area contributed by atoms with Gasteiger partial charge in [0.25, 0.3) is 0 Å². The molecule has 2 heterocycles. The fraction of sp³-hybridized carbons (Fsp3) is 0.368. The van der Waals surface area contributed by atoms with Crippen LogP contribution in [0.4, 0.5) is 10.2 Å². The van der Waals surface area contributed by atoms with E-state index in [9.17, 15) is 17.6 Å². The van der Waals surface area contributed by atoms with Crippen LogP contribution in [0.5, 0.6) is 0 Å². The molecule has 3 rings (SSSR count). The van der Waals surface area contributed by atoms with E-state index in [4.69, 9.17) is 16.3 Å². The fourth-order valence-electron chi connectivity index (χ4n) is 3.10. The third-order valence-electron chi connectivity index (χ3n) is 4.55. The second-order valence-electron chi connectivity index (χ2n) is 6.44. The van der Waals surface area contributed by atoms with Gasteiger partial charge in [0.1, 0.15) is 16.5 Å². The van der Waals surface area contributed by atoms with E-state index in [2.05, 4.69) is 4.98 Å². The summed E-state index contributed by atoms with van der Waals surface area (Å²) in [4.78, 5) is 17.6. The van der Waals surface area contributed by atoms with Gasteiger partial charge in [-0.05, 0) is 43.7 Å². The lowest BCUT2D eigenvalue weighted by Gasteiger charge is -2.23. The van der Waals surface area contributed by atoms with Crippen LogP contribution in [0, 0.1) is 5.82 Å². The van der Waals surface area contributed by atoms with Gasteiger partial charge in [-0.25, -0.2) is 22.6 Å². The van der Waals surface area contributed by atoms with E-state index >= 15 is 0 Å². The molecule has 10 heteroatoms. The first-order valence-electron chi connectivity index (χ1n) is 9.16. The molecule has 1 aliphatic heterocycles. The van der Waals surface area contributed by atoms with Crippen molar-refractivity contribution in [2.75, 3.05) is 37.7 Å². The molecular weight excluding hydrogens is 421 g/mol. The van der Waals surface area contributed by atoms with Crippen LogP contribution in [-0.4, -0.2) is 56.5 Å². The Bertz CT molecular complexity index is 985. The fourth-order valence-corrected chi connectivity index (χ4v) is 4.77. The van der Waals surface area contributed by atoms with Gasteiger partial charge in [-0.2, -0.15) is 4.31 Å². The Morgan fingerprint density at radius 2 is 2.00 bits per heavy atom. The molecule has 0 spiro atoms. The Morgan fingerprint density at radius 1 is 1.21 bits per heavy atom. The number of aromatic nitrogens is 1. The predicted octanol–water partition coefficient (Wildman–Crippen LogP) is 2.95. The van der Waals surface area contributed by atoms with E-state index in [1.165, 1.54) is 22.6 Å². The van der Waals surface area contributed by atoms with Gasteiger partial charge in [0.2, 0.25) is 10.0 Å². The molecule has 1 saturated heterocycles. The van der Waals surface area contributed by atoms with Crippen molar-refractivity contribution < 1.29 is 22.3 Å². The van der Waals surface area contributed by atoms with Crippen molar-refractivity contribution in [2.45, 2.75) is 18.2 Å². The second-order valence-corrected chi connectivity index (χ2v) is 8.79. The minimum Gasteiger partial charge on any atom is -0.462 e. The average Bonchev–Trinajstić information content (AvgIpc) is 2.95. The van der Waals surface area contributed by atoms with Gasteiger partial charge in [0.15, 0.2) is 0 Å². The Labute approximate surface area is 174 Å². The molecule has 1 aromatic heterocycles. The van der Waals surface area contributed by atoms with Crippen molar-refractivity contribution in [1.82, 2.24) is 9.29 Å². The SMILES string of the molecule is CCOC(=O)c1ccc(N2CCCN(S(=O)(=O)c3ccc(Cl)cc3F)CC2)nc1. The van der Waals surface area contributed by atoms with Crippen molar-refractivity contribution >= 4 is 33.4 Å². The normalized spacial score (nSPS) is 15.8. The van der Waals surface area contributed by atoms with Crippen LogP contribution in [0.3, 0.4) is 0 Å². The van der Waals surface area contributed by atoms with Gasteiger partial charge in [0.05, 0.1) is 12.2 Å². The zero-order valence-corrected chi connectivity index (χ0v) is 17.4. The largest absolute Gasteiger partial charge is 0.462 e. The van der Waals surface area contributed by atoms with Gasteiger partial charge in [-0.3, -0.25) is 0 Å². The van der Waals surface area contributed by atoms with Gasteiger partial charge in [-0.1, -0.05) is 11.6 Å². The maximum atomic E-state index is 14.2. The number of esters is 1. The third-order valence-corrected chi connectivity index (χ3v) is 6.72. The quantitative estimate of drug-likeness (QED) is 0.664. The maximum Gasteiger partial charge on any atom is 0.339 e. The Hall–Kier alpha value is -2.23. The number of benzene rings is 1. The van der Waals surface area contributed by atoms with E-state index < -0.39 is 21.8 Å². The molecule has 29 heavy (non-hydrogen) atoms. The van der Waals surface area contributed by atoms with Crippen LogP contribution in [0.2, 0.25) is 5.02 Å². The number of anilines is 1. The molecule has 7 nitrogen and oxygen atoms in total. The van der Waals surface area contributed by atoms with Crippen molar-refractivity contribution in [2.24, 2.45) is 0 Å². The van der Waals surface area contributed by atoms with E-state index in [0.29, 0.717) is 30.9 Å². The molecule has 0 aliphatic carbocycles. The average molecular weight is 442 g/mol. The number of pyridine rings is 1. The van der Waals surface area contributed by atoms with E-state index in [1.807, 2.05) is 4.90 Å². The zero-order chi connectivity index (χ0) is 21.0. The molecule has 1 aliphatic rings. The van der Waals surface area contributed by atoms with Crippen LogP contribution in [0.1, 0.15) is 23.7 Å². The van der Waals surface area contributed by atoms with E-state index in [-0.39, 0.29) is 29.6 Å². The highest BCUT2D eigenvalue weighted by Gasteiger charge is 2.29. The summed E-state index contributed by atoms with van der Waals surface area (Å²) in [6.07, 6.45) is 1.99. The van der Waals surface area contributed by atoms with Crippen LogP contribution in [-0.2, 0) is 14.8 Å². The van der Waals surface area contributed by atoms with Gasteiger partial charge >= 0.3 is 5.97 Å². The monoisotopic (exact) mass is 441 g/mol. The minimum absolute atomic E-state index is 0.140. The molecule has 0 radical (unpaired) electrons. The molecule has 0 atom stereocenters. The smallest absolute Gasteiger partial charge is 0.339 e. The minimum atomic E-state index is -3.97. The predicted molar refractivity (Wildman–Crippen MR) is 107 cm³/mol. The van der Waals surface area contributed by atoms with Crippen molar-refractivity contribution in [3.05, 3.63) is 52.9 Å². The number of nitrogens with zero attached hydrogens (tertiary/aromatic N) is 3. The molecule has 156 valence electrons. The van der Waals surface area contributed by atoms with Crippen LogP contribution >= 0.6 is 11.6 Å². The van der Waals surface area contributed by atoms with Crippen LogP contribution in [0.25, 0.3) is 0 Å². The lowest BCUT2D eigenvalue weighted by Crippen LogP contribution is -2.35. The van der Waals surface area contributed by atoms with E-state index in [1.54, 1.807) is 19.1 Å². The number of ether oxygens (including phenoxy) is 1. The Morgan fingerprint density at radius 3 is 2.66 bits per heavy atom. The molecule has 0 unspecified atom stereocenters. The molecule has 0 saturated carbocycles. The second kappa shape index (κ2) is 9.06. The van der Waals surface area contributed by atoms with Crippen molar-refractivity contribution in [3.63, 3.8) is 0 Å². The first kappa shape index (κ1) is 21.5. The summed E-state index contributed by atoms with van der Waals surface area (Å²) in [5.74, 6) is -0.672. The number of carbonyl (C=O) groups is 1. The standard InChI is InChI=1S/C19H21ClFN3O4S/c1-2-28-19(25)14-4-7-18(22-13-14)23-8-3-9-24(11-10-23)29(26,27)17-6-5-15(20)12-16(17)21/h4-7,12-13H,2-3,8-11H2,1H3. The number of hydrogen-bond donors (Lipinski definition) is 0. The van der Waals surface area contributed by atoms with E-state index in [0.717, 1.165) is 6.07 Å². The number of halogens is 2. The zero-order valence-electron chi connectivity index (χ0n) is 15.8. The summed E-state index contributed by atoms with van der Waals surface area (Å²) in [6.45, 7) is 3.44. The summed E-state index contributed by atoms with van der Waals surface area (Å²) in [7, 11) is -3.97. The maximum absolute atomic E-state index is 14.2. The van der Waals surface area contributed by atoms with Crippen molar-refractivity contribution in [3.8, 4) is 0 Å². The highest BCUT2D eigenvalue weighted by molar-refractivity contribution is 7.89. The summed E-state index contributed by atoms with van der Waals surface area (Å²) in [6, 6.07) is 6.87. The number of rotatable bonds is 5. The number of hydrogen-bond acceptors (Lipinski definition) is 6. The summed E-state index contributed by atoms with van der Waals surface area (Å²) in [5.41, 5.74) is 0.354. The number of sulfonamides is 1. The first-order chi connectivity index (χ1) is 13.8. The molecule has 0 N–H and O–H groups in total. The molecule has 0 bridgehead atoms. The highest BCUT2D eigenvalue weighted by Crippen LogP contribution is 2.24. The molecule has 1 fully saturated rings. The lowest BCUT2D eigenvalue weighted by molar-refractivity contribution is 0.0526. The van der Waals surface area contributed by atoms with Crippen LogP contribution in [0.15, 0.2) is 41.4 Å². The van der Waals surface area contributed by atoms with Gasteiger partial charge in [-0.15, -0.1) is 0 Å². The highest BCUT2D eigenvalue weighted by atomic mass is 35.5. The van der Waals surface area contributed by atoms with Crippen LogP contribution < -0.4 is 4.90 Å². The topological polar surface area (TPSA) is 79.8 Å². The Kier molecular flexibility index (Phi) is 6.71. The summed E-state index contributed by atoms with van der Waals surface area (Å²) >= 11 is 5.72. The van der Waals surface area contributed by atoms with Crippen molar-refractivity contribution in [1.29, 1.82) is 0 Å². The Balaban J connectivity index is 1.72. The molecular formula is C19H21ClFN3O4S. The molecule has 2 aromatic rings. The molecule has 0 amide bonds.